The number of esters is 2. The average Bonchev–Trinajstić information content (AvgIpc) is 2.60. The van der Waals surface area contributed by atoms with Crippen LogP contribution in [0.4, 0.5) is 0 Å². The third kappa shape index (κ3) is 2.12. The second-order valence-electron chi connectivity index (χ2n) is 3.97. The summed E-state index contributed by atoms with van der Waals surface area (Å²) in [6.07, 6.45) is 2.06. The molecule has 2 fully saturated rings. The molecule has 0 bridgehead atoms. The minimum absolute atomic E-state index is 0.0177. The summed E-state index contributed by atoms with van der Waals surface area (Å²) in [5.74, 6) is -0.344. The molecule has 5 nitrogen and oxygen atoms in total. The third-order valence-corrected chi connectivity index (χ3v) is 3.09. The van der Waals surface area contributed by atoms with Crippen LogP contribution in [0.25, 0.3) is 0 Å². The van der Waals surface area contributed by atoms with Crippen molar-refractivity contribution in [2.24, 2.45) is 0 Å². The van der Waals surface area contributed by atoms with E-state index in [1.54, 1.807) is 0 Å². The number of carbonyl (C=O) groups excluding carboxylic acids is 2. The summed E-state index contributed by atoms with van der Waals surface area (Å²) in [5, 5.41) is 0. The largest absolute Gasteiger partial charge is 0.468 e. The number of methoxy groups -OCH3 is 1. The van der Waals surface area contributed by atoms with E-state index in [1.807, 2.05) is 4.90 Å². The summed E-state index contributed by atoms with van der Waals surface area (Å²) in [6.45, 7) is 1.10. The minimum Gasteiger partial charge on any atom is -0.468 e. The molecule has 0 radical (unpaired) electrons. The fourth-order valence-electron chi connectivity index (χ4n) is 2.31. The molecule has 0 unspecified atom stereocenters. The van der Waals surface area contributed by atoms with Crippen LogP contribution in [-0.4, -0.2) is 49.2 Å². The molecule has 0 aromatic heterocycles. The number of likely N-dealkylation sites (tertiary alicyclic amines) is 1. The molecule has 2 aliphatic heterocycles. The van der Waals surface area contributed by atoms with Crippen molar-refractivity contribution >= 4 is 11.9 Å². The third-order valence-electron chi connectivity index (χ3n) is 3.09. The van der Waals surface area contributed by atoms with E-state index in [1.165, 1.54) is 7.11 Å². The monoisotopic (exact) mass is 213 g/mol. The van der Waals surface area contributed by atoms with Crippen LogP contribution in [-0.2, 0) is 19.1 Å². The van der Waals surface area contributed by atoms with Crippen molar-refractivity contribution < 1.29 is 19.1 Å². The van der Waals surface area contributed by atoms with E-state index in [9.17, 15) is 9.59 Å². The summed E-state index contributed by atoms with van der Waals surface area (Å²) < 4.78 is 9.85. The van der Waals surface area contributed by atoms with Gasteiger partial charge in [0.05, 0.1) is 13.7 Å². The molecule has 5 heteroatoms. The van der Waals surface area contributed by atoms with Crippen LogP contribution in [0.15, 0.2) is 0 Å². The summed E-state index contributed by atoms with van der Waals surface area (Å²) in [6, 6.07) is 0.210. The number of rotatable bonds is 2. The first-order chi connectivity index (χ1) is 7.20. The number of ether oxygens (including phenoxy) is 2. The maximum Gasteiger partial charge on any atom is 0.319 e. The molecule has 0 spiro atoms. The van der Waals surface area contributed by atoms with Crippen LogP contribution in [0.5, 0.6) is 0 Å². The molecule has 0 saturated carbocycles. The van der Waals surface area contributed by atoms with Gasteiger partial charge in [-0.3, -0.25) is 14.5 Å². The van der Waals surface area contributed by atoms with Crippen LogP contribution in [0.1, 0.15) is 19.3 Å². The summed E-state index contributed by atoms with van der Waals surface area (Å²) in [5.41, 5.74) is 0. The summed E-state index contributed by atoms with van der Waals surface area (Å²) >= 11 is 0. The lowest BCUT2D eigenvalue weighted by Gasteiger charge is -2.30. The minimum atomic E-state index is -0.229. The van der Waals surface area contributed by atoms with Crippen LogP contribution >= 0.6 is 0 Å². The van der Waals surface area contributed by atoms with E-state index >= 15 is 0 Å². The highest BCUT2D eigenvalue weighted by Gasteiger charge is 2.40. The summed E-state index contributed by atoms with van der Waals surface area (Å²) in [4.78, 5) is 24.2. The number of hydrogen-bond acceptors (Lipinski definition) is 5. The lowest BCUT2D eigenvalue weighted by atomic mass is 10.0. The fraction of sp³-hybridized carbons (Fsp3) is 0.800. The molecular formula is C10H15NO4. The normalized spacial score (nSPS) is 30.9. The van der Waals surface area contributed by atoms with Gasteiger partial charge in [0.15, 0.2) is 0 Å². The second-order valence-corrected chi connectivity index (χ2v) is 3.97. The SMILES string of the molecule is COC(=O)CN1CC[C@@H]2OC(=O)CC[C@@H]21. The molecule has 15 heavy (non-hydrogen) atoms. The topological polar surface area (TPSA) is 55.8 Å². The zero-order chi connectivity index (χ0) is 10.8. The molecule has 2 heterocycles. The van der Waals surface area contributed by atoms with Gasteiger partial charge in [-0.25, -0.2) is 0 Å². The van der Waals surface area contributed by atoms with E-state index in [2.05, 4.69) is 4.74 Å². The zero-order valence-corrected chi connectivity index (χ0v) is 8.77. The Labute approximate surface area is 88.3 Å². The van der Waals surface area contributed by atoms with Crippen molar-refractivity contribution in [1.29, 1.82) is 0 Å². The first-order valence-corrected chi connectivity index (χ1v) is 5.21. The number of fused-ring (bicyclic) bond motifs is 1. The lowest BCUT2D eigenvalue weighted by Crippen LogP contribution is -2.43. The Kier molecular flexibility index (Phi) is 2.90. The molecule has 84 valence electrons. The molecule has 2 aliphatic rings. The van der Waals surface area contributed by atoms with Crippen molar-refractivity contribution in [3.05, 3.63) is 0 Å². The van der Waals surface area contributed by atoms with Gasteiger partial charge in [0.25, 0.3) is 0 Å². The number of carbonyl (C=O) groups is 2. The Bertz CT molecular complexity index is 279. The number of nitrogens with zero attached hydrogens (tertiary/aromatic N) is 1. The Balaban J connectivity index is 1.94. The lowest BCUT2D eigenvalue weighted by molar-refractivity contribution is -0.156. The predicted octanol–water partition coefficient (Wildman–Crippen LogP) is -0.0607. The Morgan fingerprint density at radius 2 is 2.40 bits per heavy atom. The van der Waals surface area contributed by atoms with Gasteiger partial charge in [0.2, 0.25) is 0 Å². The van der Waals surface area contributed by atoms with Crippen molar-refractivity contribution in [2.75, 3.05) is 20.2 Å². The molecule has 2 atom stereocenters. The Morgan fingerprint density at radius 3 is 3.13 bits per heavy atom. The molecule has 2 saturated heterocycles. The van der Waals surface area contributed by atoms with Crippen LogP contribution in [0.3, 0.4) is 0 Å². The smallest absolute Gasteiger partial charge is 0.319 e. The van der Waals surface area contributed by atoms with E-state index < -0.39 is 0 Å². The number of hydrogen-bond donors (Lipinski definition) is 0. The van der Waals surface area contributed by atoms with Gasteiger partial charge >= 0.3 is 11.9 Å². The molecule has 0 N–H and O–H groups in total. The highest BCUT2D eigenvalue weighted by molar-refractivity contribution is 5.72. The highest BCUT2D eigenvalue weighted by Crippen LogP contribution is 2.28. The van der Waals surface area contributed by atoms with E-state index in [0.29, 0.717) is 13.0 Å². The molecule has 0 amide bonds. The van der Waals surface area contributed by atoms with Crippen molar-refractivity contribution in [2.45, 2.75) is 31.4 Å². The predicted molar refractivity (Wildman–Crippen MR) is 51.1 cm³/mol. The maximum absolute atomic E-state index is 11.1. The molecule has 0 aliphatic carbocycles. The van der Waals surface area contributed by atoms with Gasteiger partial charge in [-0.05, 0) is 12.8 Å². The molecule has 0 aromatic rings. The first kappa shape index (κ1) is 10.4. The molecule has 2 rings (SSSR count). The van der Waals surface area contributed by atoms with E-state index in [-0.39, 0.29) is 24.1 Å². The Morgan fingerprint density at radius 1 is 1.60 bits per heavy atom. The van der Waals surface area contributed by atoms with Crippen LogP contribution in [0.2, 0.25) is 0 Å². The van der Waals surface area contributed by atoms with Gasteiger partial charge in [0, 0.05) is 19.0 Å². The van der Waals surface area contributed by atoms with Gasteiger partial charge in [0.1, 0.15) is 6.10 Å². The molecular weight excluding hydrogens is 198 g/mol. The quantitative estimate of drug-likeness (QED) is 0.601. The van der Waals surface area contributed by atoms with Gasteiger partial charge in [-0.2, -0.15) is 0 Å². The first-order valence-electron chi connectivity index (χ1n) is 5.21. The van der Waals surface area contributed by atoms with Gasteiger partial charge < -0.3 is 9.47 Å². The standard InChI is InChI=1S/C10H15NO4/c1-14-10(13)6-11-5-4-8-7(11)2-3-9(12)15-8/h7-8H,2-6H2,1H3/t7-,8-/m0/s1. The molecule has 0 aromatic carbocycles. The highest BCUT2D eigenvalue weighted by atomic mass is 16.5. The Hall–Kier alpha value is -1.10. The second kappa shape index (κ2) is 4.18. The zero-order valence-electron chi connectivity index (χ0n) is 8.77. The van der Waals surface area contributed by atoms with E-state index in [4.69, 9.17) is 4.74 Å². The van der Waals surface area contributed by atoms with Crippen molar-refractivity contribution in [1.82, 2.24) is 4.90 Å². The van der Waals surface area contributed by atoms with E-state index in [0.717, 1.165) is 19.4 Å². The fourth-order valence-corrected chi connectivity index (χ4v) is 2.31. The van der Waals surface area contributed by atoms with Crippen molar-refractivity contribution in [3.63, 3.8) is 0 Å². The van der Waals surface area contributed by atoms with Crippen LogP contribution < -0.4 is 0 Å². The maximum atomic E-state index is 11.1. The van der Waals surface area contributed by atoms with Crippen molar-refractivity contribution in [3.8, 4) is 0 Å². The summed E-state index contributed by atoms with van der Waals surface area (Å²) in [7, 11) is 1.39. The average molecular weight is 213 g/mol. The van der Waals surface area contributed by atoms with Crippen LogP contribution in [0, 0.1) is 0 Å². The van der Waals surface area contributed by atoms with Gasteiger partial charge in [-0.15, -0.1) is 0 Å². The van der Waals surface area contributed by atoms with Gasteiger partial charge in [-0.1, -0.05) is 0 Å².